The fourth-order valence-electron chi connectivity index (χ4n) is 3.81. The van der Waals surface area contributed by atoms with Crippen LogP contribution in [0.3, 0.4) is 0 Å². The van der Waals surface area contributed by atoms with Crippen molar-refractivity contribution in [2.75, 3.05) is 13.2 Å². The highest BCUT2D eigenvalue weighted by Gasteiger charge is 2.24. The molecule has 1 fully saturated rings. The molecule has 1 aliphatic heterocycles. The van der Waals surface area contributed by atoms with E-state index in [1.165, 1.54) is 13.8 Å². The van der Waals surface area contributed by atoms with E-state index >= 15 is 0 Å². The van der Waals surface area contributed by atoms with Crippen LogP contribution in [0.2, 0.25) is 0 Å². The standard InChI is InChI=1S/C30H27NO8S/c1-19(32)36-12-13-37-26-10-11-27(24(16-26)18-38-20(2)33)23-5-3-4-22(14-23)17-39-25-8-6-21(7-9-25)15-28-29(34)31-30(35)40-28/h3-11,14-16H,12-13,17-18H2,1-2H3,(H,31,34,35)/b28-15-. The van der Waals surface area contributed by atoms with E-state index in [1.54, 1.807) is 24.3 Å². The largest absolute Gasteiger partial charge is 0.490 e. The molecule has 0 saturated carbocycles. The molecule has 10 heteroatoms. The normalized spacial score (nSPS) is 13.6. The van der Waals surface area contributed by atoms with E-state index in [9.17, 15) is 19.2 Å². The van der Waals surface area contributed by atoms with Gasteiger partial charge in [-0.3, -0.25) is 24.5 Å². The smallest absolute Gasteiger partial charge is 0.302 e. The molecule has 0 bridgehead atoms. The lowest BCUT2D eigenvalue weighted by molar-refractivity contribution is -0.142. The molecule has 0 radical (unpaired) electrons. The van der Waals surface area contributed by atoms with Crippen molar-refractivity contribution in [2.45, 2.75) is 27.1 Å². The summed E-state index contributed by atoms with van der Waals surface area (Å²) >= 11 is 0.873. The van der Waals surface area contributed by atoms with Crippen molar-refractivity contribution in [2.24, 2.45) is 0 Å². The molecule has 0 aliphatic carbocycles. The van der Waals surface area contributed by atoms with Gasteiger partial charge in [-0.15, -0.1) is 0 Å². The molecule has 206 valence electrons. The molecular weight excluding hydrogens is 534 g/mol. The molecule has 3 aromatic carbocycles. The van der Waals surface area contributed by atoms with E-state index in [2.05, 4.69) is 5.32 Å². The van der Waals surface area contributed by atoms with E-state index < -0.39 is 11.9 Å². The first-order valence-corrected chi connectivity index (χ1v) is 13.2. The molecular formula is C30H27NO8S. The van der Waals surface area contributed by atoms with E-state index in [-0.39, 0.29) is 31.0 Å². The van der Waals surface area contributed by atoms with Gasteiger partial charge >= 0.3 is 11.9 Å². The van der Waals surface area contributed by atoms with Gasteiger partial charge in [0.05, 0.1) is 4.91 Å². The van der Waals surface area contributed by atoms with Gasteiger partial charge in [0.2, 0.25) is 0 Å². The zero-order chi connectivity index (χ0) is 28.5. The van der Waals surface area contributed by atoms with Crippen LogP contribution in [0.4, 0.5) is 4.79 Å². The van der Waals surface area contributed by atoms with Crippen molar-refractivity contribution in [1.82, 2.24) is 5.32 Å². The summed E-state index contributed by atoms with van der Waals surface area (Å²) in [7, 11) is 0. The number of amides is 2. The lowest BCUT2D eigenvalue weighted by Gasteiger charge is -2.14. The first kappa shape index (κ1) is 28.4. The summed E-state index contributed by atoms with van der Waals surface area (Å²) in [6.07, 6.45) is 1.65. The number of imide groups is 1. The van der Waals surface area contributed by atoms with Crippen molar-refractivity contribution in [3.05, 3.63) is 88.3 Å². The van der Waals surface area contributed by atoms with Crippen LogP contribution in [0.15, 0.2) is 71.6 Å². The monoisotopic (exact) mass is 561 g/mol. The summed E-state index contributed by atoms with van der Waals surface area (Å²) in [6, 6.07) is 20.6. The van der Waals surface area contributed by atoms with Crippen LogP contribution < -0.4 is 14.8 Å². The van der Waals surface area contributed by atoms with Gasteiger partial charge in [-0.05, 0) is 70.4 Å². The van der Waals surface area contributed by atoms with E-state index in [0.29, 0.717) is 23.0 Å². The average molecular weight is 562 g/mol. The second-order valence-electron chi connectivity index (χ2n) is 8.70. The molecule has 9 nitrogen and oxygen atoms in total. The highest BCUT2D eigenvalue weighted by Crippen LogP contribution is 2.30. The van der Waals surface area contributed by atoms with Crippen molar-refractivity contribution >= 4 is 40.9 Å². The van der Waals surface area contributed by atoms with E-state index in [4.69, 9.17) is 18.9 Å². The van der Waals surface area contributed by atoms with Crippen LogP contribution in [-0.4, -0.2) is 36.3 Å². The third-order valence-electron chi connectivity index (χ3n) is 5.63. The molecule has 0 aromatic heterocycles. The van der Waals surface area contributed by atoms with Crippen molar-refractivity contribution in [3.63, 3.8) is 0 Å². The predicted molar refractivity (Wildman–Crippen MR) is 149 cm³/mol. The first-order chi connectivity index (χ1) is 19.3. The van der Waals surface area contributed by atoms with Crippen LogP contribution in [0.1, 0.15) is 30.5 Å². The Balaban J connectivity index is 1.43. The number of carbonyl (C=O) groups excluding carboxylic acids is 4. The lowest BCUT2D eigenvalue weighted by Crippen LogP contribution is -2.17. The summed E-state index contributed by atoms with van der Waals surface area (Å²) in [5.41, 5.74) is 4.26. The summed E-state index contributed by atoms with van der Waals surface area (Å²) in [5, 5.41) is 1.86. The number of ether oxygens (including phenoxy) is 4. The maximum Gasteiger partial charge on any atom is 0.302 e. The van der Waals surface area contributed by atoms with Gasteiger partial charge in [0.1, 0.15) is 37.9 Å². The number of thioether (sulfide) groups is 1. The van der Waals surface area contributed by atoms with Gasteiger partial charge in [-0.2, -0.15) is 0 Å². The van der Waals surface area contributed by atoms with Crippen LogP contribution in [0.25, 0.3) is 17.2 Å². The Hall–Kier alpha value is -4.57. The number of hydrogen-bond donors (Lipinski definition) is 1. The molecule has 40 heavy (non-hydrogen) atoms. The van der Waals surface area contributed by atoms with Crippen LogP contribution in [0.5, 0.6) is 11.5 Å². The number of nitrogens with one attached hydrogen (secondary N) is 1. The molecule has 1 N–H and O–H groups in total. The van der Waals surface area contributed by atoms with Crippen molar-refractivity contribution < 1.29 is 38.1 Å². The number of rotatable bonds is 11. The molecule has 0 spiro atoms. The maximum absolute atomic E-state index is 11.7. The van der Waals surface area contributed by atoms with Crippen molar-refractivity contribution in [1.29, 1.82) is 0 Å². The molecule has 4 rings (SSSR count). The zero-order valence-electron chi connectivity index (χ0n) is 21.9. The molecule has 0 unspecified atom stereocenters. The Morgan fingerprint density at radius 2 is 1.57 bits per heavy atom. The van der Waals surface area contributed by atoms with Crippen LogP contribution in [0, 0.1) is 0 Å². The minimum atomic E-state index is -0.396. The molecule has 1 saturated heterocycles. The fraction of sp³-hybridized carbons (Fsp3) is 0.200. The Labute approximate surface area is 235 Å². The van der Waals surface area contributed by atoms with Crippen LogP contribution in [-0.2, 0) is 37.1 Å². The SMILES string of the molecule is CC(=O)OCCOc1ccc(-c2cccc(COc3ccc(/C=C4\SC(=O)NC4=O)cc3)c2)c(COC(C)=O)c1. The van der Waals surface area contributed by atoms with Crippen molar-refractivity contribution in [3.8, 4) is 22.6 Å². The Kier molecular flexibility index (Phi) is 9.58. The Morgan fingerprint density at radius 3 is 2.27 bits per heavy atom. The second-order valence-corrected chi connectivity index (χ2v) is 9.71. The van der Waals surface area contributed by atoms with Gasteiger partial charge in [0.25, 0.3) is 11.1 Å². The second kappa shape index (κ2) is 13.5. The Bertz CT molecular complexity index is 1450. The highest BCUT2D eigenvalue weighted by atomic mass is 32.2. The molecule has 1 heterocycles. The van der Waals surface area contributed by atoms with Gasteiger partial charge < -0.3 is 18.9 Å². The molecule has 2 amide bonds. The fourth-order valence-corrected chi connectivity index (χ4v) is 4.50. The number of esters is 2. The van der Waals surface area contributed by atoms with Gasteiger partial charge in [0.15, 0.2) is 0 Å². The number of benzene rings is 3. The third kappa shape index (κ3) is 8.21. The quantitative estimate of drug-likeness (QED) is 0.190. The summed E-state index contributed by atoms with van der Waals surface area (Å²) < 4.78 is 21.8. The van der Waals surface area contributed by atoms with E-state index in [1.807, 2.05) is 48.5 Å². The predicted octanol–water partition coefficient (Wildman–Crippen LogP) is 5.26. The first-order valence-electron chi connectivity index (χ1n) is 12.4. The molecule has 1 aliphatic rings. The van der Waals surface area contributed by atoms with E-state index in [0.717, 1.165) is 39.6 Å². The number of carbonyl (C=O) groups is 4. The molecule has 3 aromatic rings. The van der Waals surface area contributed by atoms with Gasteiger partial charge in [-0.1, -0.05) is 36.4 Å². The van der Waals surface area contributed by atoms with Gasteiger partial charge in [0, 0.05) is 19.4 Å². The minimum Gasteiger partial charge on any atom is -0.490 e. The summed E-state index contributed by atoms with van der Waals surface area (Å²) in [6.45, 7) is 3.41. The summed E-state index contributed by atoms with van der Waals surface area (Å²) in [5.74, 6) is 0.0527. The zero-order valence-corrected chi connectivity index (χ0v) is 22.7. The topological polar surface area (TPSA) is 117 Å². The van der Waals surface area contributed by atoms with Crippen LogP contribution >= 0.6 is 11.8 Å². The highest BCUT2D eigenvalue weighted by molar-refractivity contribution is 8.18. The minimum absolute atomic E-state index is 0.0728. The Morgan fingerprint density at radius 1 is 0.825 bits per heavy atom. The molecule has 0 atom stereocenters. The maximum atomic E-state index is 11.7. The summed E-state index contributed by atoms with van der Waals surface area (Å²) in [4.78, 5) is 45.8. The lowest BCUT2D eigenvalue weighted by atomic mass is 9.98. The number of hydrogen-bond acceptors (Lipinski definition) is 9. The average Bonchev–Trinajstić information content (AvgIpc) is 3.25. The third-order valence-corrected chi connectivity index (χ3v) is 6.44. The van der Waals surface area contributed by atoms with Gasteiger partial charge in [-0.25, -0.2) is 0 Å².